The first-order valence-electron chi connectivity index (χ1n) is 7.25. The van der Waals surface area contributed by atoms with E-state index in [1.165, 1.54) is 18.2 Å². The van der Waals surface area contributed by atoms with Crippen molar-refractivity contribution < 1.29 is 32.3 Å². The number of urea groups is 1. The van der Waals surface area contributed by atoms with E-state index in [0.29, 0.717) is 12.0 Å². The third-order valence-electron chi connectivity index (χ3n) is 3.92. The molecule has 5 nitrogen and oxygen atoms in total. The van der Waals surface area contributed by atoms with Gasteiger partial charge in [0.1, 0.15) is 5.82 Å². The maximum atomic E-state index is 13.0. The molecule has 2 rings (SSSR count). The topological polar surface area (TPSA) is 69.6 Å². The Labute approximate surface area is 135 Å². The monoisotopic (exact) mass is 348 g/mol. The van der Waals surface area contributed by atoms with E-state index in [9.17, 15) is 27.2 Å². The van der Waals surface area contributed by atoms with Gasteiger partial charge < -0.3 is 15.3 Å². The summed E-state index contributed by atoms with van der Waals surface area (Å²) >= 11 is 0. The van der Waals surface area contributed by atoms with Gasteiger partial charge in [0.05, 0.1) is 11.8 Å². The van der Waals surface area contributed by atoms with Crippen LogP contribution in [-0.4, -0.2) is 47.8 Å². The van der Waals surface area contributed by atoms with Crippen LogP contribution in [-0.2, 0) is 11.2 Å². The van der Waals surface area contributed by atoms with E-state index in [-0.39, 0.29) is 6.54 Å². The third-order valence-corrected chi connectivity index (χ3v) is 3.92. The molecule has 0 saturated carbocycles. The van der Waals surface area contributed by atoms with Crippen LogP contribution in [0.1, 0.15) is 5.56 Å². The molecule has 0 spiro atoms. The van der Waals surface area contributed by atoms with Crippen molar-refractivity contribution in [1.82, 2.24) is 10.2 Å². The summed E-state index contributed by atoms with van der Waals surface area (Å²) in [6.07, 6.45) is -4.37. The molecule has 2 atom stereocenters. The number of rotatable bonds is 4. The molecule has 0 radical (unpaired) electrons. The number of nitrogens with zero attached hydrogens (tertiary/aromatic N) is 1. The van der Waals surface area contributed by atoms with E-state index in [2.05, 4.69) is 5.32 Å². The number of carbonyl (C=O) groups excluding carboxylic acids is 1. The van der Waals surface area contributed by atoms with Gasteiger partial charge in [0.15, 0.2) is 0 Å². The number of carboxylic acid groups (broad SMARTS) is 1. The van der Waals surface area contributed by atoms with Gasteiger partial charge in [0.2, 0.25) is 0 Å². The van der Waals surface area contributed by atoms with E-state index in [1.807, 2.05) is 0 Å². The van der Waals surface area contributed by atoms with Gasteiger partial charge in [0.25, 0.3) is 0 Å². The number of carboxylic acids is 1. The van der Waals surface area contributed by atoms with E-state index in [1.54, 1.807) is 6.07 Å². The first-order valence-corrected chi connectivity index (χ1v) is 7.25. The fourth-order valence-electron chi connectivity index (χ4n) is 2.67. The lowest BCUT2D eigenvalue weighted by molar-refractivity contribution is -0.187. The standard InChI is InChI=1S/C15H16F4N2O3/c16-10-3-1-2-9(6-10)4-5-20-14(24)21-7-11(13(22)23)12(8-21)15(17,18)19/h1-3,6,11-12H,4-5,7-8H2,(H,20,24)(H,22,23)/t11-,12-/m1/s1. The second-order valence-corrected chi connectivity index (χ2v) is 5.61. The highest BCUT2D eigenvalue weighted by atomic mass is 19.4. The van der Waals surface area contributed by atoms with Crippen LogP contribution in [0.25, 0.3) is 0 Å². The van der Waals surface area contributed by atoms with Crippen LogP contribution >= 0.6 is 0 Å². The van der Waals surface area contributed by atoms with E-state index in [4.69, 9.17) is 5.11 Å². The van der Waals surface area contributed by atoms with Crippen LogP contribution in [0.2, 0.25) is 0 Å². The predicted octanol–water partition coefficient (Wildman–Crippen LogP) is 2.27. The molecule has 24 heavy (non-hydrogen) atoms. The van der Waals surface area contributed by atoms with Crippen LogP contribution in [0, 0.1) is 17.7 Å². The van der Waals surface area contributed by atoms with Crippen molar-refractivity contribution in [3.05, 3.63) is 35.6 Å². The highest BCUT2D eigenvalue weighted by Gasteiger charge is 2.53. The Balaban J connectivity index is 1.90. The molecule has 1 fully saturated rings. The van der Waals surface area contributed by atoms with Crippen molar-refractivity contribution in [2.24, 2.45) is 11.8 Å². The van der Waals surface area contributed by atoms with E-state index in [0.717, 1.165) is 4.90 Å². The molecule has 0 aliphatic carbocycles. The smallest absolute Gasteiger partial charge is 0.394 e. The summed E-state index contributed by atoms with van der Waals surface area (Å²) < 4.78 is 51.6. The van der Waals surface area contributed by atoms with Crippen molar-refractivity contribution in [1.29, 1.82) is 0 Å². The number of hydrogen-bond acceptors (Lipinski definition) is 2. The number of nitrogens with one attached hydrogen (secondary N) is 1. The van der Waals surface area contributed by atoms with Gasteiger partial charge in [-0.1, -0.05) is 12.1 Å². The molecule has 132 valence electrons. The molecule has 1 aromatic rings. The van der Waals surface area contributed by atoms with E-state index >= 15 is 0 Å². The number of hydrogen-bond donors (Lipinski definition) is 2. The number of amides is 2. The van der Waals surface area contributed by atoms with Gasteiger partial charge in [-0.05, 0) is 24.1 Å². The lowest BCUT2D eigenvalue weighted by atomic mass is 9.96. The Morgan fingerprint density at radius 3 is 2.54 bits per heavy atom. The molecule has 0 bridgehead atoms. The Hall–Kier alpha value is -2.32. The molecule has 1 heterocycles. The van der Waals surface area contributed by atoms with Gasteiger partial charge in [0, 0.05) is 19.6 Å². The summed E-state index contributed by atoms with van der Waals surface area (Å²) in [6.45, 7) is -1.08. The summed E-state index contributed by atoms with van der Waals surface area (Å²) in [4.78, 5) is 23.7. The van der Waals surface area contributed by atoms with Crippen molar-refractivity contribution in [2.45, 2.75) is 12.6 Å². The average Bonchev–Trinajstić information content (AvgIpc) is 2.93. The van der Waals surface area contributed by atoms with Crippen molar-refractivity contribution in [3.8, 4) is 0 Å². The van der Waals surface area contributed by atoms with Crippen molar-refractivity contribution in [3.63, 3.8) is 0 Å². The second kappa shape index (κ2) is 7.06. The molecule has 0 unspecified atom stereocenters. The van der Waals surface area contributed by atoms with Gasteiger partial charge in [-0.25, -0.2) is 9.18 Å². The minimum absolute atomic E-state index is 0.104. The lowest BCUT2D eigenvalue weighted by Gasteiger charge is -2.18. The fourth-order valence-corrected chi connectivity index (χ4v) is 2.67. The van der Waals surface area contributed by atoms with Gasteiger partial charge in [-0.3, -0.25) is 4.79 Å². The number of likely N-dealkylation sites (tertiary alicyclic amines) is 1. The minimum Gasteiger partial charge on any atom is -0.481 e. The molecule has 2 amide bonds. The Morgan fingerprint density at radius 1 is 1.29 bits per heavy atom. The van der Waals surface area contributed by atoms with Crippen LogP contribution in [0.3, 0.4) is 0 Å². The zero-order valence-electron chi connectivity index (χ0n) is 12.5. The van der Waals surface area contributed by atoms with Crippen molar-refractivity contribution in [2.75, 3.05) is 19.6 Å². The SMILES string of the molecule is O=C(O)[C@@H]1CN(C(=O)NCCc2cccc(F)c2)C[C@H]1C(F)(F)F. The van der Waals surface area contributed by atoms with Gasteiger partial charge >= 0.3 is 18.2 Å². The minimum atomic E-state index is -4.68. The van der Waals surface area contributed by atoms with Crippen molar-refractivity contribution >= 4 is 12.0 Å². The highest BCUT2D eigenvalue weighted by molar-refractivity contribution is 5.77. The molecule has 0 aromatic heterocycles. The zero-order valence-corrected chi connectivity index (χ0v) is 12.5. The average molecular weight is 348 g/mol. The molecular weight excluding hydrogens is 332 g/mol. The Morgan fingerprint density at radius 2 is 2.00 bits per heavy atom. The molecule has 1 aliphatic rings. The highest BCUT2D eigenvalue weighted by Crippen LogP contribution is 2.37. The summed E-state index contributed by atoms with van der Waals surface area (Å²) in [5.41, 5.74) is 0.633. The molecule has 2 N–H and O–H groups in total. The lowest BCUT2D eigenvalue weighted by Crippen LogP contribution is -2.40. The number of alkyl halides is 3. The summed E-state index contributed by atoms with van der Waals surface area (Å²) in [7, 11) is 0. The van der Waals surface area contributed by atoms with Crippen LogP contribution in [0.15, 0.2) is 24.3 Å². The third kappa shape index (κ3) is 4.36. The number of aliphatic carboxylic acids is 1. The zero-order chi connectivity index (χ0) is 17.9. The van der Waals surface area contributed by atoms with Crippen LogP contribution < -0.4 is 5.32 Å². The maximum Gasteiger partial charge on any atom is 0.394 e. The summed E-state index contributed by atoms with van der Waals surface area (Å²) in [5.74, 6) is -5.74. The summed E-state index contributed by atoms with van der Waals surface area (Å²) in [5, 5.41) is 11.3. The number of benzene rings is 1. The van der Waals surface area contributed by atoms with Crippen LogP contribution in [0.5, 0.6) is 0 Å². The quantitative estimate of drug-likeness (QED) is 0.820. The van der Waals surface area contributed by atoms with E-state index < -0.39 is 48.9 Å². The maximum absolute atomic E-state index is 13.0. The van der Waals surface area contributed by atoms with Gasteiger partial charge in [-0.15, -0.1) is 0 Å². The molecule has 9 heteroatoms. The fraction of sp³-hybridized carbons (Fsp3) is 0.467. The number of carbonyl (C=O) groups is 2. The Kier molecular flexibility index (Phi) is 5.30. The Bertz CT molecular complexity index is 621. The second-order valence-electron chi connectivity index (χ2n) is 5.61. The normalized spacial score (nSPS) is 20.9. The summed E-state index contributed by atoms with van der Waals surface area (Å²) in [6, 6.07) is 4.98. The first kappa shape index (κ1) is 18.0. The predicted molar refractivity (Wildman–Crippen MR) is 75.7 cm³/mol. The molecule has 1 saturated heterocycles. The largest absolute Gasteiger partial charge is 0.481 e. The van der Waals surface area contributed by atoms with Gasteiger partial charge in [-0.2, -0.15) is 13.2 Å². The first-order chi connectivity index (χ1) is 11.2. The molecule has 1 aliphatic heterocycles. The molecular formula is C15H16F4N2O3. The van der Waals surface area contributed by atoms with Crippen LogP contribution in [0.4, 0.5) is 22.4 Å². The molecule has 1 aromatic carbocycles. The number of halogens is 4.